The molecule has 8 heteroatoms. The lowest BCUT2D eigenvalue weighted by Gasteiger charge is -2.14. The lowest BCUT2D eigenvalue weighted by atomic mass is 9.93. The minimum Gasteiger partial charge on any atom is -0.506 e. The summed E-state index contributed by atoms with van der Waals surface area (Å²) >= 11 is 1.17. The average molecular weight is 358 g/mol. The molecular weight excluding hydrogens is 340 g/mol. The van der Waals surface area contributed by atoms with E-state index >= 15 is 0 Å². The second kappa shape index (κ2) is 7.02. The number of pyridine rings is 1. The largest absolute Gasteiger partial charge is 0.506 e. The van der Waals surface area contributed by atoms with Crippen LogP contribution in [-0.2, 0) is 11.2 Å². The van der Waals surface area contributed by atoms with Gasteiger partial charge in [0.2, 0.25) is 5.91 Å². The Morgan fingerprint density at radius 1 is 1.32 bits per heavy atom. The molecule has 130 valence electrons. The van der Waals surface area contributed by atoms with Crippen molar-refractivity contribution in [1.29, 1.82) is 0 Å². The number of nitrogens with zero attached hydrogens (tertiary/aromatic N) is 2. The summed E-state index contributed by atoms with van der Waals surface area (Å²) in [6.07, 6.45) is 2.45. The maximum Gasteiger partial charge on any atom is 0.223 e. The van der Waals surface area contributed by atoms with E-state index in [1.54, 1.807) is 12.1 Å². The number of rotatable bonds is 5. The van der Waals surface area contributed by atoms with Crippen molar-refractivity contribution < 1.29 is 14.7 Å². The number of aliphatic hydroxyl groups excluding tert-OH is 1. The third-order valence-corrected chi connectivity index (χ3v) is 4.77. The van der Waals surface area contributed by atoms with Gasteiger partial charge in [0.1, 0.15) is 11.6 Å². The smallest absolute Gasteiger partial charge is 0.223 e. The predicted molar refractivity (Wildman–Crippen MR) is 97.0 cm³/mol. The van der Waals surface area contributed by atoms with Crippen LogP contribution in [0.4, 0.5) is 10.9 Å². The van der Waals surface area contributed by atoms with Gasteiger partial charge >= 0.3 is 0 Å². The van der Waals surface area contributed by atoms with Gasteiger partial charge in [0, 0.05) is 30.8 Å². The van der Waals surface area contributed by atoms with Crippen LogP contribution in [0.5, 0.6) is 0 Å². The lowest BCUT2D eigenvalue weighted by molar-refractivity contribution is -0.114. The van der Waals surface area contributed by atoms with Gasteiger partial charge in [-0.15, -0.1) is 0 Å². The number of aryl methyl sites for hydroxylation is 1. The Bertz CT molecular complexity index is 855. The Kier molecular flexibility index (Phi) is 4.80. The zero-order valence-electron chi connectivity index (χ0n) is 13.9. The van der Waals surface area contributed by atoms with Crippen molar-refractivity contribution in [3.8, 4) is 0 Å². The molecule has 2 aromatic heterocycles. The summed E-state index contributed by atoms with van der Waals surface area (Å²) in [6.45, 7) is 4.11. The molecule has 0 fully saturated rings. The van der Waals surface area contributed by atoms with Gasteiger partial charge < -0.3 is 15.7 Å². The Morgan fingerprint density at radius 2 is 2.12 bits per heavy atom. The Balaban J connectivity index is 1.88. The quantitative estimate of drug-likeness (QED) is 0.710. The molecule has 25 heavy (non-hydrogen) atoms. The number of fused-ring (bicyclic) bond motifs is 1. The number of anilines is 2. The van der Waals surface area contributed by atoms with Gasteiger partial charge in [-0.25, -0.2) is 9.97 Å². The van der Waals surface area contributed by atoms with Gasteiger partial charge in [-0.1, -0.05) is 11.3 Å². The SMILES string of the molecule is CCNc1ccc(C(=O)C2=C(O)c3sc(NC(C)=O)nc3CC2)cn1. The third-order valence-electron chi connectivity index (χ3n) is 3.75. The maximum absolute atomic E-state index is 12.7. The van der Waals surface area contributed by atoms with Gasteiger partial charge in [-0.3, -0.25) is 9.59 Å². The van der Waals surface area contributed by atoms with Crippen LogP contribution < -0.4 is 10.6 Å². The summed E-state index contributed by atoms with van der Waals surface area (Å²) in [7, 11) is 0. The van der Waals surface area contributed by atoms with Gasteiger partial charge in [0.15, 0.2) is 10.9 Å². The first-order valence-electron chi connectivity index (χ1n) is 7.94. The number of hydrogen-bond donors (Lipinski definition) is 3. The molecule has 0 atom stereocenters. The van der Waals surface area contributed by atoms with Crippen molar-refractivity contribution in [3.63, 3.8) is 0 Å². The van der Waals surface area contributed by atoms with Crippen LogP contribution in [-0.4, -0.2) is 33.3 Å². The topological polar surface area (TPSA) is 104 Å². The number of aliphatic hydroxyl groups is 1. The van der Waals surface area contributed by atoms with Crippen LogP contribution in [0.2, 0.25) is 0 Å². The number of ketones is 1. The number of amides is 1. The molecule has 3 N–H and O–H groups in total. The number of Topliss-reactive ketones (excluding diaryl/α,β-unsaturated/α-hetero) is 1. The Hall–Kier alpha value is -2.74. The van der Waals surface area contributed by atoms with Gasteiger partial charge in [0.05, 0.1) is 10.6 Å². The highest BCUT2D eigenvalue weighted by atomic mass is 32.1. The van der Waals surface area contributed by atoms with E-state index in [1.165, 1.54) is 24.5 Å². The second-order valence-electron chi connectivity index (χ2n) is 5.59. The predicted octanol–water partition coefficient (Wildman–Crippen LogP) is 3.03. The second-order valence-corrected chi connectivity index (χ2v) is 6.59. The number of carbonyl (C=O) groups is 2. The van der Waals surface area contributed by atoms with E-state index in [0.717, 1.165) is 6.54 Å². The molecule has 2 heterocycles. The number of allylic oxidation sites excluding steroid dienone is 1. The number of hydrogen-bond acceptors (Lipinski definition) is 7. The molecule has 1 amide bonds. The standard InChI is InChI=1S/C17H18N4O3S/c1-3-18-13-7-4-10(8-19-13)14(23)11-5-6-12-16(15(11)24)25-17(21-12)20-9(2)22/h4,7-8,24H,3,5-6H2,1-2H3,(H,18,19)(H,20,21,22). The monoisotopic (exact) mass is 358 g/mol. The zero-order chi connectivity index (χ0) is 18.0. The minimum absolute atomic E-state index is 0.0592. The van der Waals surface area contributed by atoms with Crippen LogP contribution in [0.25, 0.3) is 5.76 Å². The fourth-order valence-electron chi connectivity index (χ4n) is 2.62. The summed E-state index contributed by atoms with van der Waals surface area (Å²) in [5, 5.41) is 16.6. The van der Waals surface area contributed by atoms with Crippen molar-refractivity contribution in [2.45, 2.75) is 26.7 Å². The molecule has 0 saturated heterocycles. The molecule has 1 aliphatic rings. The molecule has 7 nitrogen and oxygen atoms in total. The fourth-order valence-corrected chi connectivity index (χ4v) is 3.65. The van der Waals surface area contributed by atoms with E-state index in [-0.39, 0.29) is 17.4 Å². The molecule has 0 aromatic carbocycles. The first kappa shape index (κ1) is 17.1. The molecule has 2 aromatic rings. The number of carbonyl (C=O) groups excluding carboxylic acids is 2. The van der Waals surface area contributed by atoms with E-state index in [0.29, 0.717) is 45.5 Å². The van der Waals surface area contributed by atoms with E-state index < -0.39 is 0 Å². The highest BCUT2D eigenvalue weighted by molar-refractivity contribution is 7.16. The molecule has 0 saturated carbocycles. The van der Waals surface area contributed by atoms with E-state index in [4.69, 9.17) is 0 Å². The molecule has 1 aliphatic carbocycles. The van der Waals surface area contributed by atoms with E-state index in [9.17, 15) is 14.7 Å². The Labute approximate surface area is 148 Å². The first-order chi connectivity index (χ1) is 12.0. The van der Waals surface area contributed by atoms with Crippen LogP contribution in [0.3, 0.4) is 0 Å². The summed E-state index contributed by atoms with van der Waals surface area (Å²) in [6, 6.07) is 3.43. The Morgan fingerprint density at radius 3 is 2.76 bits per heavy atom. The van der Waals surface area contributed by atoms with Gasteiger partial charge in [0.25, 0.3) is 0 Å². The van der Waals surface area contributed by atoms with Crippen LogP contribution in [0.1, 0.15) is 41.2 Å². The molecule has 0 unspecified atom stereocenters. The third kappa shape index (κ3) is 3.53. The molecule has 0 spiro atoms. The van der Waals surface area contributed by atoms with Crippen molar-refractivity contribution in [2.75, 3.05) is 17.2 Å². The average Bonchev–Trinajstić information content (AvgIpc) is 2.98. The van der Waals surface area contributed by atoms with E-state index in [1.807, 2.05) is 6.92 Å². The van der Waals surface area contributed by atoms with Crippen LogP contribution >= 0.6 is 11.3 Å². The summed E-state index contributed by atoms with van der Waals surface area (Å²) in [5.41, 5.74) is 1.48. The molecule has 0 aliphatic heterocycles. The van der Waals surface area contributed by atoms with Gasteiger partial charge in [-0.05, 0) is 31.9 Å². The van der Waals surface area contributed by atoms with Crippen molar-refractivity contribution in [2.24, 2.45) is 0 Å². The molecule has 0 radical (unpaired) electrons. The molecular formula is C17H18N4O3S. The van der Waals surface area contributed by atoms with Crippen LogP contribution in [0, 0.1) is 0 Å². The number of thiazole rings is 1. The maximum atomic E-state index is 12.7. The minimum atomic E-state index is -0.242. The van der Waals surface area contributed by atoms with Crippen LogP contribution in [0.15, 0.2) is 23.9 Å². The fraction of sp³-hybridized carbons (Fsp3) is 0.294. The normalized spacial score (nSPS) is 13.4. The highest BCUT2D eigenvalue weighted by Crippen LogP contribution is 2.37. The van der Waals surface area contributed by atoms with E-state index in [2.05, 4.69) is 20.6 Å². The van der Waals surface area contributed by atoms with Gasteiger partial charge in [-0.2, -0.15) is 0 Å². The van der Waals surface area contributed by atoms with Crippen molar-refractivity contribution >= 4 is 39.7 Å². The number of aromatic nitrogens is 2. The summed E-state index contributed by atoms with van der Waals surface area (Å²) < 4.78 is 0. The molecule has 3 rings (SSSR count). The first-order valence-corrected chi connectivity index (χ1v) is 8.75. The lowest BCUT2D eigenvalue weighted by Crippen LogP contribution is -2.12. The summed E-state index contributed by atoms with van der Waals surface area (Å²) in [4.78, 5) is 32.9. The zero-order valence-corrected chi connectivity index (χ0v) is 14.7. The molecule has 0 bridgehead atoms. The van der Waals surface area contributed by atoms with Crippen molar-refractivity contribution in [1.82, 2.24) is 9.97 Å². The number of nitrogens with one attached hydrogen (secondary N) is 2. The summed E-state index contributed by atoms with van der Waals surface area (Å²) in [5.74, 6) is 0.174. The highest BCUT2D eigenvalue weighted by Gasteiger charge is 2.27. The van der Waals surface area contributed by atoms with Crippen molar-refractivity contribution in [3.05, 3.63) is 40.0 Å².